The molecule has 0 spiro atoms. The van der Waals surface area contributed by atoms with Gasteiger partial charge in [0.05, 0.1) is 12.2 Å². The zero-order chi connectivity index (χ0) is 18.1. The molecular weight excluding hydrogens is 332 g/mol. The van der Waals surface area contributed by atoms with Crippen molar-refractivity contribution >= 4 is 11.9 Å². The van der Waals surface area contributed by atoms with Crippen molar-refractivity contribution in [2.45, 2.75) is 19.0 Å². The van der Waals surface area contributed by atoms with Gasteiger partial charge in [0, 0.05) is 0 Å². The van der Waals surface area contributed by atoms with Crippen molar-refractivity contribution in [3.8, 4) is 5.69 Å². The number of hydrogen-bond acceptors (Lipinski definition) is 5. The van der Waals surface area contributed by atoms with Crippen molar-refractivity contribution < 1.29 is 9.59 Å². The molecule has 0 radical (unpaired) electrons. The van der Waals surface area contributed by atoms with Gasteiger partial charge in [-0.3, -0.25) is 9.69 Å². The molecule has 3 amide bonds. The highest BCUT2D eigenvalue weighted by Gasteiger charge is 2.48. The summed E-state index contributed by atoms with van der Waals surface area (Å²) in [6, 6.07) is 16.2. The van der Waals surface area contributed by atoms with Crippen molar-refractivity contribution in [2.75, 3.05) is 0 Å². The molecule has 0 unspecified atom stereocenters. The minimum atomic E-state index is -1.11. The maximum Gasteiger partial charge on any atom is 0.325 e. The van der Waals surface area contributed by atoms with Gasteiger partial charge in [-0.2, -0.15) is 0 Å². The standard InChI is InChI=1S/C18H16N6O2/c1-18(14-7-9-15(10-8-14)24-12-19-21-22-24)16(25)23(17(26)20-18)11-13-5-3-2-4-6-13/h2-10,12H,11H2,1H3,(H,20,26)/t18-/m1/s1. The Kier molecular flexibility index (Phi) is 3.72. The van der Waals surface area contributed by atoms with E-state index in [-0.39, 0.29) is 12.5 Å². The van der Waals surface area contributed by atoms with Gasteiger partial charge >= 0.3 is 6.03 Å². The predicted octanol–water partition coefficient (Wildman–Crippen LogP) is 1.63. The highest BCUT2D eigenvalue weighted by molar-refractivity contribution is 6.07. The van der Waals surface area contributed by atoms with E-state index >= 15 is 0 Å². The molecule has 2 heterocycles. The van der Waals surface area contributed by atoms with Crippen molar-refractivity contribution in [3.63, 3.8) is 0 Å². The number of carbonyl (C=O) groups is 2. The number of hydrogen-bond donors (Lipinski definition) is 1. The molecule has 2 aromatic carbocycles. The number of benzene rings is 2. The van der Waals surface area contributed by atoms with Crippen LogP contribution in [0, 0.1) is 0 Å². The van der Waals surface area contributed by atoms with Gasteiger partial charge in [0.2, 0.25) is 0 Å². The smallest absolute Gasteiger partial charge is 0.319 e. The Bertz CT molecular complexity index is 940. The highest BCUT2D eigenvalue weighted by atomic mass is 16.2. The SMILES string of the molecule is C[C@]1(c2ccc(-n3cnnn3)cc2)NC(=O)N(Cc2ccccc2)C1=O. The molecule has 0 saturated carbocycles. The fourth-order valence-corrected chi connectivity index (χ4v) is 3.03. The van der Waals surface area contributed by atoms with Crippen LogP contribution in [0.25, 0.3) is 5.69 Å². The van der Waals surface area contributed by atoms with Crippen molar-refractivity contribution in [1.29, 1.82) is 0 Å². The molecule has 1 aliphatic rings. The van der Waals surface area contributed by atoms with E-state index < -0.39 is 11.6 Å². The molecule has 0 bridgehead atoms. The second-order valence-corrected chi connectivity index (χ2v) is 6.23. The summed E-state index contributed by atoms with van der Waals surface area (Å²) in [7, 11) is 0. The Balaban J connectivity index is 1.60. The maximum atomic E-state index is 13.0. The van der Waals surface area contributed by atoms with Crippen LogP contribution in [0.4, 0.5) is 4.79 Å². The molecule has 130 valence electrons. The topological polar surface area (TPSA) is 93.0 Å². The molecular formula is C18H16N6O2. The third kappa shape index (κ3) is 2.61. The van der Waals surface area contributed by atoms with E-state index in [0.717, 1.165) is 11.3 Å². The van der Waals surface area contributed by atoms with E-state index in [9.17, 15) is 9.59 Å². The van der Waals surface area contributed by atoms with Gasteiger partial charge in [-0.15, -0.1) is 5.10 Å². The van der Waals surface area contributed by atoms with E-state index in [4.69, 9.17) is 0 Å². The molecule has 1 N–H and O–H groups in total. The van der Waals surface area contributed by atoms with E-state index in [1.54, 1.807) is 31.2 Å². The first-order chi connectivity index (χ1) is 12.6. The monoisotopic (exact) mass is 348 g/mol. The average Bonchev–Trinajstić information content (AvgIpc) is 3.27. The van der Waals surface area contributed by atoms with Crippen LogP contribution < -0.4 is 5.32 Å². The van der Waals surface area contributed by atoms with Gasteiger partial charge in [-0.1, -0.05) is 42.5 Å². The lowest BCUT2D eigenvalue weighted by atomic mass is 9.92. The first kappa shape index (κ1) is 15.9. The zero-order valence-corrected chi connectivity index (χ0v) is 14.0. The molecule has 26 heavy (non-hydrogen) atoms. The summed E-state index contributed by atoms with van der Waals surface area (Å²) in [6.45, 7) is 1.95. The Labute approximate surface area is 149 Å². The lowest BCUT2D eigenvalue weighted by Gasteiger charge is -2.22. The Morgan fingerprint density at radius 1 is 1.04 bits per heavy atom. The largest absolute Gasteiger partial charge is 0.325 e. The van der Waals surface area contributed by atoms with Gasteiger partial charge in [0.1, 0.15) is 11.9 Å². The Hall–Kier alpha value is -3.55. The first-order valence-electron chi connectivity index (χ1n) is 8.10. The molecule has 8 heteroatoms. The summed E-state index contributed by atoms with van der Waals surface area (Å²) < 4.78 is 1.52. The van der Waals surface area contributed by atoms with Crippen LogP contribution in [0.2, 0.25) is 0 Å². The molecule has 1 fully saturated rings. The summed E-state index contributed by atoms with van der Waals surface area (Å²) in [6.07, 6.45) is 1.49. The van der Waals surface area contributed by atoms with Gasteiger partial charge in [-0.25, -0.2) is 9.48 Å². The van der Waals surface area contributed by atoms with Crippen LogP contribution in [-0.4, -0.2) is 37.0 Å². The summed E-state index contributed by atoms with van der Waals surface area (Å²) in [5, 5.41) is 13.8. The van der Waals surface area contributed by atoms with E-state index in [1.165, 1.54) is 15.9 Å². The number of amides is 3. The second-order valence-electron chi connectivity index (χ2n) is 6.23. The van der Waals surface area contributed by atoms with Crippen molar-refractivity contribution in [2.24, 2.45) is 0 Å². The molecule has 1 aromatic heterocycles. The molecule has 1 atom stereocenters. The van der Waals surface area contributed by atoms with Crippen LogP contribution in [0.1, 0.15) is 18.1 Å². The number of imide groups is 1. The normalized spacial score (nSPS) is 19.7. The molecule has 1 aliphatic heterocycles. The minimum absolute atomic E-state index is 0.240. The number of nitrogens with one attached hydrogen (secondary N) is 1. The van der Waals surface area contributed by atoms with Crippen molar-refractivity contribution in [3.05, 3.63) is 72.1 Å². The molecule has 1 saturated heterocycles. The van der Waals surface area contributed by atoms with E-state index in [0.29, 0.717) is 5.56 Å². The number of aromatic nitrogens is 4. The quantitative estimate of drug-likeness (QED) is 0.724. The lowest BCUT2D eigenvalue weighted by molar-refractivity contribution is -0.131. The van der Waals surface area contributed by atoms with E-state index in [2.05, 4.69) is 20.8 Å². The highest BCUT2D eigenvalue weighted by Crippen LogP contribution is 2.30. The second kappa shape index (κ2) is 6.07. The summed E-state index contributed by atoms with van der Waals surface area (Å²) >= 11 is 0. The van der Waals surface area contributed by atoms with Crippen LogP contribution in [0.3, 0.4) is 0 Å². The number of urea groups is 1. The fourth-order valence-electron chi connectivity index (χ4n) is 3.03. The number of tetrazole rings is 1. The van der Waals surface area contributed by atoms with Crippen LogP contribution in [0.15, 0.2) is 60.9 Å². The van der Waals surface area contributed by atoms with Crippen LogP contribution >= 0.6 is 0 Å². The van der Waals surface area contributed by atoms with Gasteiger partial charge in [0.25, 0.3) is 5.91 Å². The van der Waals surface area contributed by atoms with Crippen molar-refractivity contribution in [1.82, 2.24) is 30.4 Å². The number of nitrogens with zero attached hydrogens (tertiary/aromatic N) is 5. The summed E-state index contributed by atoms with van der Waals surface area (Å²) in [4.78, 5) is 26.6. The Morgan fingerprint density at radius 3 is 2.42 bits per heavy atom. The third-order valence-electron chi connectivity index (χ3n) is 4.52. The number of carbonyl (C=O) groups excluding carboxylic acids is 2. The predicted molar refractivity (Wildman–Crippen MR) is 92.0 cm³/mol. The fraction of sp³-hybridized carbons (Fsp3) is 0.167. The molecule has 0 aliphatic carbocycles. The number of rotatable bonds is 4. The molecule has 3 aromatic rings. The Morgan fingerprint density at radius 2 is 1.77 bits per heavy atom. The van der Waals surface area contributed by atoms with Crippen LogP contribution in [-0.2, 0) is 16.9 Å². The lowest BCUT2D eigenvalue weighted by Crippen LogP contribution is -2.40. The zero-order valence-electron chi connectivity index (χ0n) is 14.0. The minimum Gasteiger partial charge on any atom is -0.319 e. The third-order valence-corrected chi connectivity index (χ3v) is 4.52. The maximum absolute atomic E-state index is 13.0. The van der Waals surface area contributed by atoms with Crippen LogP contribution in [0.5, 0.6) is 0 Å². The van der Waals surface area contributed by atoms with Gasteiger partial charge < -0.3 is 5.32 Å². The summed E-state index contributed by atoms with van der Waals surface area (Å²) in [5.41, 5.74) is 1.25. The van der Waals surface area contributed by atoms with E-state index in [1.807, 2.05) is 30.3 Å². The van der Waals surface area contributed by atoms with Gasteiger partial charge in [0.15, 0.2) is 0 Å². The van der Waals surface area contributed by atoms with Gasteiger partial charge in [-0.05, 0) is 40.6 Å². The average molecular weight is 348 g/mol. The molecule has 4 rings (SSSR count). The molecule has 8 nitrogen and oxygen atoms in total. The summed E-state index contributed by atoms with van der Waals surface area (Å²) in [5.74, 6) is -0.276. The first-order valence-corrected chi connectivity index (χ1v) is 8.10.